The highest BCUT2D eigenvalue weighted by Gasteiger charge is 2.62. The molecule has 0 amide bonds. The zero-order chi connectivity index (χ0) is 19.4. The van der Waals surface area contributed by atoms with Crippen LogP contribution in [0.25, 0.3) is 0 Å². The maximum absolute atomic E-state index is 11.3. The number of aliphatic hydroxyl groups is 3. The molecule has 0 saturated heterocycles. The topological polar surface area (TPSA) is 60.7 Å². The molecule has 27 heavy (non-hydrogen) atoms. The molecule has 10 atom stereocenters. The van der Waals surface area contributed by atoms with Crippen molar-refractivity contribution in [3.8, 4) is 0 Å². The summed E-state index contributed by atoms with van der Waals surface area (Å²) in [6.45, 7) is 7.74. The van der Waals surface area contributed by atoms with Crippen LogP contribution >= 0.6 is 0 Å². The van der Waals surface area contributed by atoms with Gasteiger partial charge in [-0.3, -0.25) is 0 Å². The zero-order valence-electron chi connectivity index (χ0n) is 17.7. The van der Waals surface area contributed by atoms with Crippen molar-refractivity contribution < 1.29 is 15.3 Å². The van der Waals surface area contributed by atoms with Crippen LogP contribution in [0, 0.1) is 46.3 Å². The second-order valence-corrected chi connectivity index (χ2v) is 11.3. The molecule has 4 saturated carbocycles. The molecule has 4 rings (SSSR count). The smallest absolute Gasteiger partial charge is 0.0577 e. The van der Waals surface area contributed by atoms with Crippen molar-refractivity contribution in [2.45, 2.75) is 97.2 Å². The largest absolute Gasteiger partial charge is 0.396 e. The second kappa shape index (κ2) is 7.29. The molecule has 0 bridgehead atoms. The predicted octanol–water partition coefficient (Wildman–Crippen LogP) is 4.39. The molecule has 4 fully saturated rings. The third kappa shape index (κ3) is 3.11. The van der Waals surface area contributed by atoms with Gasteiger partial charge >= 0.3 is 0 Å². The van der Waals surface area contributed by atoms with E-state index in [9.17, 15) is 15.3 Å². The van der Waals surface area contributed by atoms with Crippen LogP contribution in [-0.4, -0.2) is 34.1 Å². The van der Waals surface area contributed by atoms with Crippen LogP contribution in [0.15, 0.2) is 0 Å². The first kappa shape index (κ1) is 20.2. The molecule has 3 heteroatoms. The molecule has 0 aromatic carbocycles. The summed E-state index contributed by atoms with van der Waals surface area (Å²) in [6, 6.07) is 0. The molecule has 0 aromatic heterocycles. The normalized spacial score (nSPS) is 53.3. The number of rotatable bonds is 4. The SMILES string of the molecule is C[C@H](CCCO)[C@H]1CC[C@H]2[C@@H]3[C@H](O)C[C@@H]4C[C@@H](O)CC[C@]4(C)[C@H]3CC[C@]12C. The molecule has 4 aliphatic rings. The minimum atomic E-state index is -0.172. The van der Waals surface area contributed by atoms with E-state index in [1.807, 2.05) is 0 Å². The van der Waals surface area contributed by atoms with E-state index in [1.165, 1.54) is 25.7 Å². The lowest BCUT2D eigenvalue weighted by Crippen LogP contribution is -2.58. The predicted molar refractivity (Wildman–Crippen MR) is 108 cm³/mol. The minimum absolute atomic E-state index is 0.149. The highest BCUT2D eigenvalue weighted by atomic mass is 16.3. The fourth-order valence-electron chi connectivity index (χ4n) is 8.79. The van der Waals surface area contributed by atoms with E-state index in [2.05, 4.69) is 20.8 Å². The average molecular weight is 379 g/mol. The molecule has 0 unspecified atom stereocenters. The van der Waals surface area contributed by atoms with Gasteiger partial charge in [0.05, 0.1) is 12.2 Å². The molecule has 4 aliphatic carbocycles. The summed E-state index contributed by atoms with van der Waals surface area (Å²) in [7, 11) is 0. The van der Waals surface area contributed by atoms with Crippen molar-refractivity contribution >= 4 is 0 Å². The summed E-state index contributed by atoms with van der Waals surface area (Å²) in [5, 5.41) is 30.7. The van der Waals surface area contributed by atoms with Crippen molar-refractivity contribution in [1.82, 2.24) is 0 Å². The summed E-state index contributed by atoms with van der Waals surface area (Å²) >= 11 is 0. The minimum Gasteiger partial charge on any atom is -0.396 e. The first-order valence-electron chi connectivity index (χ1n) is 11.8. The Morgan fingerprint density at radius 1 is 0.926 bits per heavy atom. The molecule has 0 aliphatic heterocycles. The van der Waals surface area contributed by atoms with Crippen LogP contribution < -0.4 is 0 Å². The summed E-state index contributed by atoms with van der Waals surface area (Å²) in [4.78, 5) is 0. The van der Waals surface area contributed by atoms with E-state index in [4.69, 9.17) is 0 Å². The summed E-state index contributed by atoms with van der Waals surface area (Å²) in [6.07, 6.45) is 10.8. The van der Waals surface area contributed by atoms with Crippen molar-refractivity contribution in [3.05, 3.63) is 0 Å². The Hall–Kier alpha value is -0.120. The van der Waals surface area contributed by atoms with Gasteiger partial charge < -0.3 is 15.3 Å². The molecule has 0 radical (unpaired) electrons. The van der Waals surface area contributed by atoms with E-state index in [-0.39, 0.29) is 12.2 Å². The van der Waals surface area contributed by atoms with Gasteiger partial charge in [0.25, 0.3) is 0 Å². The molecule has 3 N–H and O–H groups in total. The van der Waals surface area contributed by atoms with E-state index in [0.717, 1.165) is 44.4 Å². The van der Waals surface area contributed by atoms with Crippen molar-refractivity contribution in [2.75, 3.05) is 6.61 Å². The number of fused-ring (bicyclic) bond motifs is 5. The molecule has 3 nitrogen and oxygen atoms in total. The lowest BCUT2D eigenvalue weighted by atomic mass is 9.43. The van der Waals surface area contributed by atoms with E-state index in [0.29, 0.717) is 47.0 Å². The highest BCUT2D eigenvalue weighted by Crippen LogP contribution is 2.68. The Kier molecular flexibility index (Phi) is 5.44. The van der Waals surface area contributed by atoms with Crippen molar-refractivity contribution in [2.24, 2.45) is 46.3 Å². The van der Waals surface area contributed by atoms with Crippen LogP contribution in [0.4, 0.5) is 0 Å². The van der Waals surface area contributed by atoms with Crippen LogP contribution in [0.3, 0.4) is 0 Å². The Labute approximate surface area is 165 Å². The van der Waals surface area contributed by atoms with Gasteiger partial charge in [-0.25, -0.2) is 0 Å². The first-order chi connectivity index (χ1) is 12.8. The molecule has 0 aromatic rings. The number of hydrogen-bond donors (Lipinski definition) is 3. The molecular weight excluding hydrogens is 336 g/mol. The van der Waals surface area contributed by atoms with Crippen LogP contribution in [0.2, 0.25) is 0 Å². The van der Waals surface area contributed by atoms with Gasteiger partial charge in [-0.15, -0.1) is 0 Å². The van der Waals surface area contributed by atoms with Gasteiger partial charge in [0.15, 0.2) is 0 Å². The zero-order valence-corrected chi connectivity index (χ0v) is 17.7. The Bertz CT molecular complexity index is 536. The monoisotopic (exact) mass is 378 g/mol. The number of hydrogen-bond acceptors (Lipinski definition) is 3. The van der Waals surface area contributed by atoms with Gasteiger partial charge in [-0.1, -0.05) is 20.8 Å². The molecular formula is C24H42O3. The van der Waals surface area contributed by atoms with Gasteiger partial charge in [0, 0.05) is 6.61 Å². The first-order valence-corrected chi connectivity index (χ1v) is 11.8. The molecule has 156 valence electrons. The lowest BCUT2D eigenvalue weighted by molar-refractivity contribution is -0.174. The van der Waals surface area contributed by atoms with Gasteiger partial charge in [0.1, 0.15) is 0 Å². The summed E-state index contributed by atoms with van der Waals surface area (Å²) in [5.41, 5.74) is 0.694. The van der Waals surface area contributed by atoms with Crippen molar-refractivity contribution in [3.63, 3.8) is 0 Å². The van der Waals surface area contributed by atoms with E-state index in [1.54, 1.807) is 0 Å². The van der Waals surface area contributed by atoms with E-state index < -0.39 is 0 Å². The number of aliphatic hydroxyl groups excluding tert-OH is 3. The van der Waals surface area contributed by atoms with Crippen molar-refractivity contribution in [1.29, 1.82) is 0 Å². The fraction of sp³-hybridized carbons (Fsp3) is 1.00. The van der Waals surface area contributed by atoms with Gasteiger partial charge in [-0.2, -0.15) is 0 Å². The van der Waals surface area contributed by atoms with Crippen LogP contribution in [-0.2, 0) is 0 Å². The summed E-state index contributed by atoms with van der Waals surface area (Å²) < 4.78 is 0. The Morgan fingerprint density at radius 3 is 2.37 bits per heavy atom. The lowest BCUT2D eigenvalue weighted by Gasteiger charge is -2.62. The Balaban J connectivity index is 1.57. The third-order valence-electron chi connectivity index (χ3n) is 10.2. The third-order valence-corrected chi connectivity index (χ3v) is 10.2. The van der Waals surface area contributed by atoms with Crippen LogP contribution in [0.5, 0.6) is 0 Å². The maximum Gasteiger partial charge on any atom is 0.0577 e. The summed E-state index contributed by atoms with van der Waals surface area (Å²) in [5.74, 6) is 3.71. The van der Waals surface area contributed by atoms with Crippen LogP contribution in [0.1, 0.15) is 85.0 Å². The highest BCUT2D eigenvalue weighted by molar-refractivity contribution is 5.11. The van der Waals surface area contributed by atoms with Gasteiger partial charge in [0.2, 0.25) is 0 Å². The maximum atomic E-state index is 11.3. The quantitative estimate of drug-likeness (QED) is 0.680. The standard InChI is InChI=1S/C24H42O3/c1-15(5-4-12-25)18-6-7-19-22-20(9-11-24(18,19)3)23(2)10-8-17(26)13-16(23)14-21(22)27/h15-22,25-27H,4-14H2,1-3H3/t15-,16+,17+,18-,19+,20+,21-,22+,23+,24-/m1/s1. The second-order valence-electron chi connectivity index (χ2n) is 11.3. The average Bonchev–Trinajstić information content (AvgIpc) is 2.98. The Morgan fingerprint density at radius 2 is 1.63 bits per heavy atom. The molecule has 0 heterocycles. The van der Waals surface area contributed by atoms with Gasteiger partial charge in [-0.05, 0) is 111 Å². The fourth-order valence-corrected chi connectivity index (χ4v) is 8.79. The molecule has 0 spiro atoms. The van der Waals surface area contributed by atoms with E-state index >= 15 is 0 Å².